The van der Waals surface area contributed by atoms with E-state index in [2.05, 4.69) is 25.5 Å². The number of benzene rings is 1. The van der Waals surface area contributed by atoms with Crippen LogP contribution in [-0.2, 0) is 0 Å². The van der Waals surface area contributed by atoms with E-state index in [1.807, 2.05) is 0 Å². The van der Waals surface area contributed by atoms with E-state index >= 15 is 0 Å². The first-order valence-corrected chi connectivity index (χ1v) is 8.52. The molecule has 10 heteroatoms. The highest BCUT2D eigenvalue weighted by Gasteiger charge is 2.18. The minimum absolute atomic E-state index is 0.267. The standard InChI is InChI=1S/C17H12Cl2N6O2/c1-27-25-15-9(8-20-17(23-15)22-13-5-6-21-24-13)7-10(16(25)26)14-11(18)3-2-4-12(14)19/h2-8H,1H3,(H2,20,21,22,23,24). The third-order valence-electron chi connectivity index (χ3n) is 3.86. The third kappa shape index (κ3) is 3.09. The van der Waals surface area contributed by atoms with Gasteiger partial charge >= 0.3 is 0 Å². The summed E-state index contributed by atoms with van der Waals surface area (Å²) in [5.41, 5.74) is 0.570. The molecule has 27 heavy (non-hydrogen) atoms. The SMILES string of the molecule is COn1c(=O)c(-c2c(Cl)cccc2Cl)cc2cnc(Nc3cc[nH]n3)nc21. The highest BCUT2D eigenvalue weighted by Crippen LogP contribution is 2.33. The molecule has 8 nitrogen and oxygen atoms in total. The second kappa shape index (κ2) is 6.90. The molecule has 4 rings (SSSR count). The molecule has 3 heterocycles. The van der Waals surface area contributed by atoms with E-state index in [4.69, 9.17) is 28.0 Å². The van der Waals surface area contributed by atoms with E-state index in [9.17, 15) is 4.79 Å². The molecule has 0 fully saturated rings. The Morgan fingerprint density at radius 1 is 1.22 bits per heavy atom. The minimum atomic E-state index is -0.440. The van der Waals surface area contributed by atoms with Crippen LogP contribution < -0.4 is 15.7 Å². The number of rotatable bonds is 4. The fourth-order valence-electron chi connectivity index (χ4n) is 2.68. The summed E-state index contributed by atoms with van der Waals surface area (Å²) in [7, 11) is 1.38. The van der Waals surface area contributed by atoms with Gasteiger partial charge in [-0.05, 0) is 18.2 Å². The second-order valence-corrected chi connectivity index (χ2v) is 6.31. The van der Waals surface area contributed by atoms with Gasteiger partial charge in [0.25, 0.3) is 5.56 Å². The molecule has 1 aromatic carbocycles. The molecule has 0 spiro atoms. The summed E-state index contributed by atoms with van der Waals surface area (Å²) in [5.74, 6) is 0.809. The molecule has 0 saturated heterocycles. The second-order valence-electron chi connectivity index (χ2n) is 5.49. The molecule has 0 saturated carbocycles. The summed E-state index contributed by atoms with van der Waals surface area (Å²) < 4.78 is 1.07. The molecule has 0 radical (unpaired) electrons. The zero-order valence-electron chi connectivity index (χ0n) is 13.9. The Kier molecular flexibility index (Phi) is 4.43. The third-order valence-corrected chi connectivity index (χ3v) is 4.49. The highest BCUT2D eigenvalue weighted by molar-refractivity contribution is 6.39. The van der Waals surface area contributed by atoms with E-state index < -0.39 is 5.56 Å². The predicted molar refractivity (Wildman–Crippen MR) is 104 cm³/mol. The van der Waals surface area contributed by atoms with Gasteiger partial charge in [-0.25, -0.2) is 4.98 Å². The number of fused-ring (bicyclic) bond motifs is 1. The van der Waals surface area contributed by atoms with E-state index in [1.54, 1.807) is 42.7 Å². The Hall–Kier alpha value is -3.10. The minimum Gasteiger partial charge on any atom is -0.412 e. The van der Waals surface area contributed by atoms with Gasteiger partial charge in [0, 0.05) is 29.4 Å². The molecule has 0 aliphatic rings. The molecular formula is C17H12Cl2N6O2. The lowest BCUT2D eigenvalue weighted by atomic mass is 10.1. The van der Waals surface area contributed by atoms with Crippen LogP contribution in [0.25, 0.3) is 22.2 Å². The first-order chi connectivity index (χ1) is 13.1. The lowest BCUT2D eigenvalue weighted by Gasteiger charge is -2.13. The number of aromatic amines is 1. The van der Waals surface area contributed by atoms with Crippen molar-refractivity contribution in [2.75, 3.05) is 12.4 Å². The number of hydrogen-bond donors (Lipinski definition) is 2. The van der Waals surface area contributed by atoms with E-state index in [0.29, 0.717) is 32.5 Å². The molecule has 0 unspecified atom stereocenters. The molecule has 0 bridgehead atoms. The summed E-state index contributed by atoms with van der Waals surface area (Å²) in [6, 6.07) is 8.39. The number of pyridine rings is 1. The van der Waals surface area contributed by atoms with Crippen molar-refractivity contribution >= 4 is 46.0 Å². The summed E-state index contributed by atoms with van der Waals surface area (Å²) in [4.78, 5) is 26.8. The molecule has 2 N–H and O–H groups in total. The molecule has 0 atom stereocenters. The Morgan fingerprint density at radius 2 is 2.00 bits per heavy atom. The Morgan fingerprint density at radius 3 is 2.67 bits per heavy atom. The van der Waals surface area contributed by atoms with Crippen molar-refractivity contribution in [3.63, 3.8) is 0 Å². The summed E-state index contributed by atoms with van der Waals surface area (Å²) >= 11 is 12.5. The summed E-state index contributed by atoms with van der Waals surface area (Å²) in [6.45, 7) is 0. The van der Waals surface area contributed by atoms with Crippen molar-refractivity contribution < 1.29 is 4.84 Å². The quantitative estimate of drug-likeness (QED) is 0.543. The van der Waals surface area contributed by atoms with Crippen molar-refractivity contribution in [3.8, 4) is 11.1 Å². The zero-order chi connectivity index (χ0) is 19.0. The van der Waals surface area contributed by atoms with Crippen LogP contribution in [-0.4, -0.2) is 32.0 Å². The largest absolute Gasteiger partial charge is 0.412 e. The molecule has 0 aliphatic carbocycles. The molecule has 0 amide bonds. The first-order valence-electron chi connectivity index (χ1n) is 7.77. The van der Waals surface area contributed by atoms with Gasteiger partial charge in [-0.2, -0.15) is 10.1 Å². The Bertz CT molecular complexity index is 1170. The molecule has 136 valence electrons. The first kappa shape index (κ1) is 17.3. The van der Waals surface area contributed by atoms with Gasteiger partial charge in [-0.15, -0.1) is 4.73 Å². The number of hydrogen-bond acceptors (Lipinski definition) is 6. The van der Waals surface area contributed by atoms with Gasteiger partial charge < -0.3 is 10.2 Å². The molecule has 3 aromatic heterocycles. The van der Waals surface area contributed by atoms with Gasteiger partial charge in [0.05, 0.1) is 15.6 Å². The van der Waals surface area contributed by atoms with Crippen LogP contribution in [0.2, 0.25) is 10.0 Å². The van der Waals surface area contributed by atoms with Gasteiger partial charge in [-0.1, -0.05) is 29.3 Å². The maximum atomic E-state index is 13.0. The van der Waals surface area contributed by atoms with Crippen molar-refractivity contribution in [2.24, 2.45) is 0 Å². The molecular weight excluding hydrogens is 391 g/mol. The van der Waals surface area contributed by atoms with Crippen LogP contribution >= 0.6 is 23.2 Å². The topological polar surface area (TPSA) is 97.7 Å². The van der Waals surface area contributed by atoms with Crippen LogP contribution in [0.1, 0.15) is 0 Å². The fourth-order valence-corrected chi connectivity index (χ4v) is 3.28. The van der Waals surface area contributed by atoms with E-state index in [0.717, 1.165) is 4.73 Å². The highest BCUT2D eigenvalue weighted by atomic mass is 35.5. The number of H-pyrrole nitrogens is 1. The lowest BCUT2D eigenvalue weighted by Crippen LogP contribution is -2.27. The zero-order valence-corrected chi connectivity index (χ0v) is 15.4. The maximum Gasteiger partial charge on any atom is 0.293 e. The average molecular weight is 403 g/mol. The number of aromatic nitrogens is 5. The van der Waals surface area contributed by atoms with Crippen LogP contribution in [0.5, 0.6) is 0 Å². The summed E-state index contributed by atoms with van der Waals surface area (Å²) in [5, 5.41) is 10.9. The Labute approximate surface area is 162 Å². The van der Waals surface area contributed by atoms with Crippen molar-refractivity contribution in [3.05, 3.63) is 63.1 Å². The fraction of sp³-hybridized carbons (Fsp3) is 0.0588. The number of anilines is 2. The van der Waals surface area contributed by atoms with Crippen molar-refractivity contribution in [1.29, 1.82) is 0 Å². The lowest BCUT2D eigenvalue weighted by molar-refractivity contribution is 0.168. The predicted octanol–water partition coefficient (Wildman–Crippen LogP) is 3.29. The van der Waals surface area contributed by atoms with Crippen molar-refractivity contribution in [2.45, 2.75) is 0 Å². The van der Waals surface area contributed by atoms with Crippen LogP contribution in [0.3, 0.4) is 0 Å². The maximum absolute atomic E-state index is 13.0. The van der Waals surface area contributed by atoms with Crippen LogP contribution in [0.4, 0.5) is 11.8 Å². The van der Waals surface area contributed by atoms with E-state index in [1.165, 1.54) is 7.11 Å². The molecule has 4 aromatic rings. The van der Waals surface area contributed by atoms with Crippen LogP contribution in [0.15, 0.2) is 47.5 Å². The van der Waals surface area contributed by atoms with E-state index in [-0.39, 0.29) is 11.5 Å². The number of halogens is 2. The van der Waals surface area contributed by atoms with Gasteiger partial charge in [0.15, 0.2) is 11.5 Å². The monoisotopic (exact) mass is 402 g/mol. The Balaban J connectivity index is 1.92. The smallest absolute Gasteiger partial charge is 0.293 e. The van der Waals surface area contributed by atoms with Gasteiger partial charge in [-0.3, -0.25) is 9.89 Å². The normalized spacial score (nSPS) is 10.9. The van der Waals surface area contributed by atoms with Gasteiger partial charge in [0.1, 0.15) is 7.11 Å². The summed E-state index contributed by atoms with van der Waals surface area (Å²) in [6.07, 6.45) is 3.23. The van der Waals surface area contributed by atoms with Gasteiger partial charge in [0.2, 0.25) is 5.95 Å². The average Bonchev–Trinajstić information content (AvgIpc) is 3.15. The van der Waals surface area contributed by atoms with Crippen molar-refractivity contribution in [1.82, 2.24) is 24.9 Å². The molecule has 0 aliphatic heterocycles. The van der Waals surface area contributed by atoms with Crippen LogP contribution in [0, 0.1) is 0 Å². The number of nitrogens with one attached hydrogen (secondary N) is 2. The number of nitrogens with zero attached hydrogens (tertiary/aromatic N) is 4.